The van der Waals surface area contributed by atoms with Gasteiger partial charge < -0.3 is 10.6 Å². The fourth-order valence-corrected chi connectivity index (χ4v) is 3.86. The minimum atomic E-state index is -0.476. The molecule has 31 heavy (non-hydrogen) atoms. The topological polar surface area (TPSA) is 84.0 Å². The predicted octanol–water partition coefficient (Wildman–Crippen LogP) is 4.71. The van der Waals surface area contributed by atoms with Crippen molar-refractivity contribution in [1.29, 1.82) is 0 Å². The molecule has 0 aliphatic rings. The Kier molecular flexibility index (Phi) is 6.44. The van der Waals surface area contributed by atoms with E-state index in [2.05, 4.69) is 20.8 Å². The Morgan fingerprint density at radius 2 is 1.42 bits per heavy atom. The number of rotatable bonds is 7. The molecular weight excluding hydrogens is 408 g/mol. The second kappa shape index (κ2) is 9.77. The van der Waals surface area contributed by atoms with Crippen molar-refractivity contribution < 1.29 is 9.59 Å². The number of benzene rings is 3. The number of hydrogen-bond donors (Lipinski definition) is 2. The maximum absolute atomic E-state index is 12.7. The summed E-state index contributed by atoms with van der Waals surface area (Å²) in [6.45, 7) is 0. The summed E-state index contributed by atoms with van der Waals surface area (Å²) in [5.74, 6) is -0.484. The van der Waals surface area contributed by atoms with Crippen LogP contribution in [0.1, 0.15) is 28.4 Å². The van der Waals surface area contributed by atoms with Crippen LogP contribution in [-0.2, 0) is 4.79 Å². The second-order valence-corrected chi connectivity index (χ2v) is 7.81. The van der Waals surface area contributed by atoms with Gasteiger partial charge in [-0.3, -0.25) is 9.59 Å². The number of nitrogens with one attached hydrogen (secondary N) is 2. The van der Waals surface area contributed by atoms with Crippen LogP contribution in [0.15, 0.2) is 91.0 Å². The van der Waals surface area contributed by atoms with E-state index in [1.807, 2.05) is 66.7 Å². The molecule has 4 aromatic rings. The highest BCUT2D eigenvalue weighted by atomic mass is 32.1. The van der Waals surface area contributed by atoms with Gasteiger partial charge in [-0.1, -0.05) is 90.2 Å². The van der Waals surface area contributed by atoms with Gasteiger partial charge in [-0.25, -0.2) is 0 Å². The molecule has 0 bridgehead atoms. The van der Waals surface area contributed by atoms with Crippen LogP contribution in [0.2, 0.25) is 0 Å². The fourth-order valence-electron chi connectivity index (χ4n) is 3.10. The normalized spacial score (nSPS) is 11.5. The molecule has 0 aliphatic carbocycles. The van der Waals surface area contributed by atoms with Gasteiger partial charge in [-0.05, 0) is 17.7 Å². The van der Waals surface area contributed by atoms with Crippen LogP contribution in [0.3, 0.4) is 0 Å². The van der Waals surface area contributed by atoms with Crippen molar-refractivity contribution in [2.75, 3.05) is 5.32 Å². The minimum Gasteiger partial charge on any atom is -0.345 e. The molecule has 2 N–H and O–H groups in total. The molecule has 7 heteroatoms. The first-order valence-corrected chi connectivity index (χ1v) is 10.6. The van der Waals surface area contributed by atoms with Crippen molar-refractivity contribution in [3.63, 3.8) is 0 Å². The molecule has 3 aromatic carbocycles. The summed E-state index contributed by atoms with van der Waals surface area (Å²) in [5.41, 5.74) is 2.34. The summed E-state index contributed by atoms with van der Waals surface area (Å²) in [6, 6.07) is 27.6. The van der Waals surface area contributed by atoms with Crippen LogP contribution in [0.5, 0.6) is 0 Å². The Balaban J connectivity index is 1.46. The highest BCUT2D eigenvalue weighted by Crippen LogP contribution is 2.26. The molecule has 2 amide bonds. The standard InChI is InChI=1S/C24H20N4O2S/c29-21(26-24-28-27-23(31-24)19-14-8-3-9-15-19)16-20(17-10-4-1-5-11-17)25-22(30)18-12-6-2-7-13-18/h1-15,20H,16H2,(H,25,30)(H,26,28,29). The van der Waals surface area contributed by atoms with Crippen LogP contribution in [0, 0.1) is 0 Å². The summed E-state index contributed by atoms with van der Waals surface area (Å²) in [5, 5.41) is 15.1. The Morgan fingerprint density at radius 3 is 2.10 bits per heavy atom. The molecule has 0 fully saturated rings. The van der Waals surface area contributed by atoms with Gasteiger partial charge in [0.1, 0.15) is 5.01 Å². The van der Waals surface area contributed by atoms with Gasteiger partial charge in [0.2, 0.25) is 11.0 Å². The molecule has 4 rings (SSSR count). The van der Waals surface area contributed by atoms with E-state index in [9.17, 15) is 9.59 Å². The molecule has 6 nitrogen and oxygen atoms in total. The Morgan fingerprint density at radius 1 is 0.806 bits per heavy atom. The molecule has 0 saturated carbocycles. The van der Waals surface area contributed by atoms with Crippen molar-refractivity contribution in [2.24, 2.45) is 0 Å². The summed E-state index contributed by atoms with van der Waals surface area (Å²) in [4.78, 5) is 25.4. The van der Waals surface area contributed by atoms with Gasteiger partial charge in [0.15, 0.2) is 0 Å². The molecule has 0 spiro atoms. The summed E-state index contributed by atoms with van der Waals surface area (Å²) in [6.07, 6.45) is 0.0723. The lowest BCUT2D eigenvalue weighted by molar-refractivity contribution is -0.116. The van der Waals surface area contributed by atoms with E-state index in [0.29, 0.717) is 10.7 Å². The Labute approximate surface area is 184 Å². The van der Waals surface area contributed by atoms with E-state index in [0.717, 1.165) is 16.1 Å². The zero-order chi connectivity index (χ0) is 21.5. The van der Waals surface area contributed by atoms with Crippen LogP contribution in [0.4, 0.5) is 5.13 Å². The monoisotopic (exact) mass is 428 g/mol. The second-order valence-electron chi connectivity index (χ2n) is 6.83. The summed E-state index contributed by atoms with van der Waals surface area (Å²) in [7, 11) is 0. The molecular formula is C24H20N4O2S. The van der Waals surface area contributed by atoms with E-state index < -0.39 is 6.04 Å². The number of aromatic nitrogens is 2. The van der Waals surface area contributed by atoms with Crippen molar-refractivity contribution in [3.8, 4) is 10.6 Å². The van der Waals surface area contributed by atoms with Crippen molar-refractivity contribution in [1.82, 2.24) is 15.5 Å². The van der Waals surface area contributed by atoms with Crippen molar-refractivity contribution >= 4 is 28.3 Å². The Hall–Kier alpha value is -3.84. The molecule has 1 heterocycles. The van der Waals surface area contributed by atoms with Crippen LogP contribution < -0.4 is 10.6 Å². The highest BCUT2D eigenvalue weighted by molar-refractivity contribution is 7.18. The number of carbonyl (C=O) groups is 2. The third kappa shape index (κ3) is 5.40. The minimum absolute atomic E-state index is 0.0723. The summed E-state index contributed by atoms with van der Waals surface area (Å²) < 4.78 is 0. The molecule has 154 valence electrons. The number of amides is 2. The van der Waals surface area contributed by atoms with Crippen molar-refractivity contribution in [3.05, 3.63) is 102 Å². The third-order valence-electron chi connectivity index (χ3n) is 4.62. The summed E-state index contributed by atoms with van der Waals surface area (Å²) >= 11 is 1.31. The van der Waals surface area contributed by atoms with Gasteiger partial charge in [-0.2, -0.15) is 0 Å². The van der Waals surface area contributed by atoms with E-state index in [-0.39, 0.29) is 18.2 Å². The van der Waals surface area contributed by atoms with Crippen molar-refractivity contribution in [2.45, 2.75) is 12.5 Å². The quantitative estimate of drug-likeness (QED) is 0.447. The zero-order valence-corrected chi connectivity index (χ0v) is 17.4. The van der Waals surface area contributed by atoms with Gasteiger partial charge in [0.05, 0.1) is 12.5 Å². The highest BCUT2D eigenvalue weighted by Gasteiger charge is 2.20. The number of anilines is 1. The SMILES string of the molecule is O=C(CC(NC(=O)c1ccccc1)c1ccccc1)Nc1nnc(-c2ccccc2)s1. The fraction of sp³-hybridized carbons (Fsp3) is 0.0833. The first-order valence-electron chi connectivity index (χ1n) is 9.78. The number of nitrogens with zero attached hydrogens (tertiary/aromatic N) is 2. The predicted molar refractivity (Wildman–Crippen MR) is 122 cm³/mol. The average Bonchev–Trinajstić information content (AvgIpc) is 3.28. The molecule has 0 aliphatic heterocycles. The Bertz CT molecular complexity index is 1150. The molecule has 1 atom stereocenters. The van der Waals surface area contributed by atoms with Gasteiger partial charge in [0.25, 0.3) is 5.91 Å². The number of carbonyl (C=O) groups excluding carboxylic acids is 2. The van der Waals surface area contributed by atoms with Crippen LogP contribution in [0.25, 0.3) is 10.6 Å². The maximum atomic E-state index is 12.7. The number of hydrogen-bond acceptors (Lipinski definition) is 5. The average molecular weight is 429 g/mol. The van der Waals surface area contributed by atoms with E-state index in [4.69, 9.17) is 0 Å². The van der Waals surface area contributed by atoms with Crippen LogP contribution >= 0.6 is 11.3 Å². The lowest BCUT2D eigenvalue weighted by atomic mass is 10.0. The van der Waals surface area contributed by atoms with Crippen LogP contribution in [-0.4, -0.2) is 22.0 Å². The van der Waals surface area contributed by atoms with Gasteiger partial charge >= 0.3 is 0 Å². The first-order chi connectivity index (χ1) is 15.2. The third-order valence-corrected chi connectivity index (χ3v) is 5.51. The molecule has 0 radical (unpaired) electrons. The lowest BCUT2D eigenvalue weighted by Gasteiger charge is -2.18. The van der Waals surface area contributed by atoms with Gasteiger partial charge in [0, 0.05) is 11.1 Å². The molecule has 1 unspecified atom stereocenters. The smallest absolute Gasteiger partial charge is 0.251 e. The zero-order valence-electron chi connectivity index (χ0n) is 16.6. The molecule has 1 aromatic heterocycles. The maximum Gasteiger partial charge on any atom is 0.251 e. The molecule has 0 saturated heterocycles. The van der Waals surface area contributed by atoms with E-state index in [1.54, 1.807) is 24.3 Å². The largest absolute Gasteiger partial charge is 0.345 e. The first kappa shape index (κ1) is 20.4. The van der Waals surface area contributed by atoms with E-state index >= 15 is 0 Å². The lowest BCUT2D eigenvalue weighted by Crippen LogP contribution is -2.31. The van der Waals surface area contributed by atoms with E-state index in [1.165, 1.54) is 11.3 Å². The van der Waals surface area contributed by atoms with Gasteiger partial charge in [-0.15, -0.1) is 10.2 Å².